The van der Waals surface area contributed by atoms with Crippen LogP contribution >= 0.6 is 0 Å². The Morgan fingerprint density at radius 1 is 0.857 bits per heavy atom. The summed E-state index contributed by atoms with van der Waals surface area (Å²) in [6, 6.07) is 18.3. The Morgan fingerprint density at radius 2 is 1.43 bits per heavy atom. The van der Waals surface area contributed by atoms with Crippen molar-refractivity contribution >= 4 is 16.7 Å². The standard InChI is InChI=1S/C18H19OS.BrH/c19-18(14-20-12-4-5-13-20)17-10-8-16(9-11-17)15-6-2-1-3-7-15;/h1-3,6-11H,4-5,12-14H2;1H/q+1;/p-1. The van der Waals surface area contributed by atoms with E-state index in [-0.39, 0.29) is 17.0 Å². The SMILES string of the molecule is O=C(C[S+]1CCCC1)c1ccc(-c2ccccc2)cc1.[Br-]. The van der Waals surface area contributed by atoms with Crippen LogP contribution in [0.4, 0.5) is 0 Å². The van der Waals surface area contributed by atoms with Crippen LogP contribution in [0.2, 0.25) is 0 Å². The van der Waals surface area contributed by atoms with Gasteiger partial charge in [-0.2, -0.15) is 0 Å². The van der Waals surface area contributed by atoms with Crippen LogP contribution in [0, 0.1) is 0 Å². The third kappa shape index (κ3) is 4.21. The molecule has 0 spiro atoms. The molecule has 2 aromatic carbocycles. The van der Waals surface area contributed by atoms with E-state index in [0.717, 1.165) is 11.3 Å². The van der Waals surface area contributed by atoms with Gasteiger partial charge < -0.3 is 17.0 Å². The van der Waals surface area contributed by atoms with Gasteiger partial charge in [-0.1, -0.05) is 54.6 Å². The third-order valence-corrected chi connectivity index (χ3v) is 6.17. The molecule has 0 amide bonds. The van der Waals surface area contributed by atoms with E-state index in [1.807, 2.05) is 30.3 Å². The lowest BCUT2D eigenvalue weighted by molar-refractivity contribution is -0.0000118. The zero-order valence-corrected chi connectivity index (χ0v) is 14.3. The van der Waals surface area contributed by atoms with E-state index in [2.05, 4.69) is 24.3 Å². The molecule has 2 aromatic rings. The fraction of sp³-hybridized carbons (Fsp3) is 0.278. The predicted molar refractivity (Wildman–Crippen MR) is 87.4 cm³/mol. The second-order valence-corrected chi connectivity index (χ2v) is 7.57. The molecule has 0 aromatic heterocycles. The number of ketones is 1. The van der Waals surface area contributed by atoms with Gasteiger partial charge in [-0.15, -0.1) is 0 Å². The van der Waals surface area contributed by atoms with Crippen LogP contribution in [0.5, 0.6) is 0 Å². The topological polar surface area (TPSA) is 17.1 Å². The van der Waals surface area contributed by atoms with Crippen molar-refractivity contribution < 1.29 is 21.8 Å². The summed E-state index contributed by atoms with van der Waals surface area (Å²) in [4.78, 5) is 12.3. The summed E-state index contributed by atoms with van der Waals surface area (Å²) in [6.45, 7) is 0. The second kappa shape index (κ2) is 7.81. The van der Waals surface area contributed by atoms with Crippen molar-refractivity contribution in [2.45, 2.75) is 12.8 Å². The minimum Gasteiger partial charge on any atom is -1.00 e. The van der Waals surface area contributed by atoms with E-state index in [4.69, 9.17) is 0 Å². The summed E-state index contributed by atoms with van der Waals surface area (Å²) in [5.41, 5.74) is 3.23. The maximum absolute atomic E-state index is 12.3. The van der Waals surface area contributed by atoms with Gasteiger partial charge >= 0.3 is 0 Å². The highest BCUT2D eigenvalue weighted by Crippen LogP contribution is 2.20. The summed E-state index contributed by atoms with van der Waals surface area (Å²) < 4.78 is 0. The van der Waals surface area contributed by atoms with Crippen molar-refractivity contribution in [3.63, 3.8) is 0 Å². The molecule has 0 unspecified atom stereocenters. The van der Waals surface area contributed by atoms with E-state index in [9.17, 15) is 4.79 Å². The van der Waals surface area contributed by atoms with Gasteiger partial charge in [-0.25, -0.2) is 0 Å². The second-order valence-electron chi connectivity index (χ2n) is 5.24. The lowest BCUT2D eigenvalue weighted by atomic mass is 10.0. The molecular formula is C18H19BrOS. The van der Waals surface area contributed by atoms with Gasteiger partial charge in [0.1, 0.15) is 11.5 Å². The largest absolute Gasteiger partial charge is 1.00 e. The third-order valence-electron chi connectivity index (χ3n) is 3.77. The quantitative estimate of drug-likeness (QED) is 0.584. The zero-order chi connectivity index (χ0) is 13.8. The molecule has 1 nitrogen and oxygen atoms in total. The molecule has 0 aliphatic carbocycles. The first kappa shape index (κ1) is 16.3. The van der Waals surface area contributed by atoms with Crippen molar-refractivity contribution in [2.24, 2.45) is 0 Å². The minimum absolute atomic E-state index is 0. The number of halogens is 1. The molecule has 0 N–H and O–H groups in total. The van der Waals surface area contributed by atoms with Crippen LogP contribution in [0.3, 0.4) is 0 Å². The van der Waals surface area contributed by atoms with Gasteiger partial charge in [0.2, 0.25) is 5.78 Å². The van der Waals surface area contributed by atoms with E-state index < -0.39 is 0 Å². The average molecular weight is 363 g/mol. The molecule has 1 heterocycles. The molecule has 1 aliphatic heterocycles. The molecule has 21 heavy (non-hydrogen) atoms. The van der Waals surface area contributed by atoms with Crippen molar-refractivity contribution in [1.82, 2.24) is 0 Å². The number of carbonyl (C=O) groups is 1. The fourth-order valence-corrected chi connectivity index (χ4v) is 4.86. The Hall–Kier alpha value is -1.06. The molecule has 3 rings (SSSR count). The van der Waals surface area contributed by atoms with E-state index in [1.54, 1.807) is 0 Å². The van der Waals surface area contributed by atoms with Crippen LogP contribution < -0.4 is 17.0 Å². The van der Waals surface area contributed by atoms with Crippen LogP contribution in [0.15, 0.2) is 54.6 Å². The van der Waals surface area contributed by atoms with Crippen molar-refractivity contribution in [1.29, 1.82) is 0 Å². The van der Waals surface area contributed by atoms with Crippen molar-refractivity contribution in [2.75, 3.05) is 17.3 Å². The van der Waals surface area contributed by atoms with Crippen molar-refractivity contribution in [3.05, 3.63) is 60.2 Å². The number of Topliss-reactive ketones (excluding diaryl/α,β-unsaturated/α-hetero) is 1. The minimum atomic E-state index is 0. The molecule has 0 bridgehead atoms. The molecule has 1 aliphatic rings. The Labute approximate surface area is 139 Å². The number of benzene rings is 2. The number of rotatable bonds is 4. The normalized spacial score (nSPS) is 14.7. The maximum Gasteiger partial charge on any atom is 0.211 e. The summed E-state index contributed by atoms with van der Waals surface area (Å²) in [6.07, 6.45) is 2.62. The van der Waals surface area contributed by atoms with Crippen LogP contribution in [-0.4, -0.2) is 23.0 Å². The molecular weight excluding hydrogens is 344 g/mol. The summed E-state index contributed by atoms with van der Waals surface area (Å²) in [5, 5.41) is 0. The summed E-state index contributed by atoms with van der Waals surface area (Å²) in [7, 11) is 0.351. The molecule has 0 saturated carbocycles. The smallest absolute Gasteiger partial charge is 0.211 e. The first-order valence-corrected chi connectivity index (χ1v) is 8.89. The molecule has 0 atom stereocenters. The average Bonchev–Trinajstić information content (AvgIpc) is 3.01. The zero-order valence-electron chi connectivity index (χ0n) is 11.9. The first-order chi connectivity index (χ1) is 9.83. The molecule has 1 fully saturated rings. The summed E-state index contributed by atoms with van der Waals surface area (Å²) >= 11 is 0. The highest BCUT2D eigenvalue weighted by atomic mass is 79.9. The number of hydrogen-bond donors (Lipinski definition) is 0. The fourth-order valence-electron chi connectivity index (χ4n) is 2.61. The van der Waals surface area contributed by atoms with E-state index in [1.165, 1.54) is 35.5 Å². The molecule has 1 saturated heterocycles. The van der Waals surface area contributed by atoms with Gasteiger partial charge in [-0.3, -0.25) is 4.79 Å². The van der Waals surface area contributed by atoms with E-state index in [0.29, 0.717) is 16.7 Å². The van der Waals surface area contributed by atoms with Gasteiger partial charge in [0.25, 0.3) is 0 Å². The first-order valence-electron chi connectivity index (χ1n) is 7.16. The number of carbonyl (C=O) groups excluding carboxylic acids is 1. The Morgan fingerprint density at radius 3 is 2.05 bits per heavy atom. The molecule has 110 valence electrons. The predicted octanol–water partition coefficient (Wildman–Crippen LogP) is 0.952. The van der Waals surface area contributed by atoms with Gasteiger partial charge in [-0.05, 0) is 34.9 Å². The van der Waals surface area contributed by atoms with E-state index >= 15 is 0 Å². The number of hydrogen-bond acceptors (Lipinski definition) is 1. The lowest BCUT2D eigenvalue weighted by Gasteiger charge is -2.04. The van der Waals surface area contributed by atoms with Crippen molar-refractivity contribution in [3.8, 4) is 11.1 Å². The van der Waals surface area contributed by atoms with Gasteiger partial charge in [0, 0.05) is 5.56 Å². The van der Waals surface area contributed by atoms with Gasteiger partial charge in [0.15, 0.2) is 5.75 Å². The highest BCUT2D eigenvalue weighted by Gasteiger charge is 2.27. The lowest BCUT2D eigenvalue weighted by Crippen LogP contribution is -3.00. The Balaban J connectivity index is 0.00000161. The van der Waals surface area contributed by atoms with Crippen LogP contribution in [0.25, 0.3) is 11.1 Å². The molecule has 0 radical (unpaired) electrons. The Kier molecular flexibility index (Phi) is 6.07. The highest BCUT2D eigenvalue weighted by molar-refractivity contribution is 7.97. The monoisotopic (exact) mass is 362 g/mol. The van der Waals surface area contributed by atoms with Gasteiger partial charge in [0.05, 0.1) is 0 Å². The maximum atomic E-state index is 12.3. The van der Waals surface area contributed by atoms with Crippen LogP contribution in [0.1, 0.15) is 23.2 Å². The Bertz CT molecular complexity index is 574. The van der Waals surface area contributed by atoms with Crippen LogP contribution in [-0.2, 0) is 10.9 Å². The summed E-state index contributed by atoms with van der Waals surface area (Å²) in [5.74, 6) is 3.58. The molecule has 3 heteroatoms.